The summed E-state index contributed by atoms with van der Waals surface area (Å²) in [6.45, 7) is 2.10. The number of rotatable bonds is 7. The second-order valence-corrected chi connectivity index (χ2v) is 6.64. The fourth-order valence-corrected chi connectivity index (χ4v) is 3.10. The summed E-state index contributed by atoms with van der Waals surface area (Å²) >= 11 is 11.9. The molecule has 0 spiro atoms. The van der Waals surface area contributed by atoms with E-state index in [4.69, 9.17) is 32.7 Å². The molecule has 2 rings (SSSR count). The molecule has 1 fully saturated rings. The molecule has 0 aromatic heterocycles. The number of ether oxygens (including phenoxy) is 2. The van der Waals surface area contributed by atoms with Gasteiger partial charge in [-0.3, -0.25) is 9.59 Å². The highest BCUT2D eigenvalue weighted by Crippen LogP contribution is 2.21. The van der Waals surface area contributed by atoms with Gasteiger partial charge in [-0.15, -0.1) is 0 Å². The molecular formula is C17H22Cl2N2O4. The number of halogens is 2. The van der Waals surface area contributed by atoms with Crippen molar-refractivity contribution >= 4 is 35.0 Å². The molecule has 25 heavy (non-hydrogen) atoms. The summed E-state index contributed by atoms with van der Waals surface area (Å²) in [5, 5.41) is 3.77. The highest BCUT2D eigenvalue weighted by molar-refractivity contribution is 6.36. The summed E-state index contributed by atoms with van der Waals surface area (Å²) in [6, 6.07) is 4.80. The molecule has 1 aliphatic heterocycles. The van der Waals surface area contributed by atoms with E-state index in [2.05, 4.69) is 5.32 Å². The van der Waals surface area contributed by atoms with Gasteiger partial charge in [0.2, 0.25) is 5.91 Å². The van der Waals surface area contributed by atoms with Gasteiger partial charge < -0.3 is 19.7 Å². The minimum atomic E-state index is -0.227. The zero-order chi connectivity index (χ0) is 18.2. The smallest absolute Gasteiger partial charge is 0.253 e. The predicted molar refractivity (Wildman–Crippen MR) is 96.2 cm³/mol. The van der Waals surface area contributed by atoms with Crippen molar-refractivity contribution in [2.45, 2.75) is 18.9 Å². The van der Waals surface area contributed by atoms with Crippen LogP contribution in [0.4, 0.5) is 0 Å². The molecule has 1 N–H and O–H groups in total. The van der Waals surface area contributed by atoms with Gasteiger partial charge in [0.05, 0.1) is 23.8 Å². The summed E-state index contributed by atoms with van der Waals surface area (Å²) in [6.07, 6.45) is 1.39. The lowest BCUT2D eigenvalue weighted by Crippen LogP contribution is -2.47. The zero-order valence-corrected chi connectivity index (χ0v) is 15.6. The van der Waals surface area contributed by atoms with Crippen LogP contribution in [0.2, 0.25) is 10.0 Å². The second-order valence-electron chi connectivity index (χ2n) is 5.80. The van der Waals surface area contributed by atoms with Gasteiger partial charge in [-0.2, -0.15) is 0 Å². The molecule has 6 nitrogen and oxygen atoms in total. The quantitative estimate of drug-likeness (QED) is 0.728. The molecule has 0 atom stereocenters. The van der Waals surface area contributed by atoms with Gasteiger partial charge in [0, 0.05) is 31.3 Å². The van der Waals surface area contributed by atoms with E-state index < -0.39 is 0 Å². The van der Waals surface area contributed by atoms with Gasteiger partial charge in [0.15, 0.2) is 0 Å². The molecule has 1 saturated heterocycles. The molecule has 0 radical (unpaired) electrons. The molecule has 138 valence electrons. The van der Waals surface area contributed by atoms with E-state index in [9.17, 15) is 9.59 Å². The van der Waals surface area contributed by atoms with Crippen molar-refractivity contribution < 1.29 is 19.1 Å². The lowest BCUT2D eigenvalue weighted by Gasteiger charge is -2.32. The highest BCUT2D eigenvalue weighted by atomic mass is 35.5. The van der Waals surface area contributed by atoms with Crippen LogP contribution in [0.3, 0.4) is 0 Å². The Morgan fingerprint density at radius 3 is 2.60 bits per heavy atom. The normalized spacial score (nSPS) is 15.2. The number of carbonyl (C=O) groups excluding carboxylic acids is 2. The van der Waals surface area contributed by atoms with Crippen LogP contribution in [0.5, 0.6) is 0 Å². The summed E-state index contributed by atoms with van der Waals surface area (Å²) in [4.78, 5) is 26.1. The summed E-state index contributed by atoms with van der Waals surface area (Å²) in [5.41, 5.74) is 0.399. The van der Waals surface area contributed by atoms with E-state index in [0.717, 1.165) is 0 Å². The van der Waals surface area contributed by atoms with Crippen LogP contribution in [-0.4, -0.2) is 62.8 Å². The van der Waals surface area contributed by atoms with Gasteiger partial charge in [-0.05, 0) is 31.0 Å². The van der Waals surface area contributed by atoms with Crippen molar-refractivity contribution in [3.8, 4) is 0 Å². The molecule has 0 unspecified atom stereocenters. The van der Waals surface area contributed by atoms with Crippen molar-refractivity contribution in [1.29, 1.82) is 0 Å². The topological polar surface area (TPSA) is 67.9 Å². The number of amides is 2. The molecule has 8 heteroatoms. The first-order valence-electron chi connectivity index (χ1n) is 8.11. The summed E-state index contributed by atoms with van der Waals surface area (Å²) in [7, 11) is 1.58. The van der Waals surface area contributed by atoms with E-state index in [-0.39, 0.29) is 24.5 Å². The van der Waals surface area contributed by atoms with E-state index in [1.807, 2.05) is 0 Å². The number of piperidine rings is 1. The van der Waals surface area contributed by atoms with E-state index in [1.165, 1.54) is 0 Å². The van der Waals surface area contributed by atoms with Crippen LogP contribution in [0, 0.1) is 0 Å². The maximum absolute atomic E-state index is 12.3. The summed E-state index contributed by atoms with van der Waals surface area (Å²) in [5.74, 6) is -0.268. The van der Waals surface area contributed by atoms with Gasteiger partial charge in [-0.1, -0.05) is 23.2 Å². The highest BCUT2D eigenvalue weighted by Gasteiger charge is 2.24. The molecular weight excluding hydrogens is 367 g/mol. The van der Waals surface area contributed by atoms with Crippen LogP contribution in [0.1, 0.15) is 23.2 Å². The number of hydrogen-bond acceptors (Lipinski definition) is 4. The number of hydrogen-bond donors (Lipinski definition) is 1. The Balaban J connectivity index is 1.76. The van der Waals surface area contributed by atoms with Crippen molar-refractivity contribution in [2.24, 2.45) is 0 Å². The Bertz CT molecular complexity index is 604. The molecule has 0 aliphatic carbocycles. The van der Waals surface area contributed by atoms with Gasteiger partial charge in [-0.25, -0.2) is 0 Å². The third-order valence-electron chi connectivity index (χ3n) is 4.02. The van der Waals surface area contributed by atoms with Crippen molar-refractivity contribution in [3.05, 3.63) is 33.8 Å². The Morgan fingerprint density at radius 2 is 1.96 bits per heavy atom. The lowest BCUT2D eigenvalue weighted by atomic mass is 10.0. The first-order valence-corrected chi connectivity index (χ1v) is 8.87. The van der Waals surface area contributed by atoms with Crippen molar-refractivity contribution in [1.82, 2.24) is 10.2 Å². The van der Waals surface area contributed by atoms with Crippen LogP contribution in [0.25, 0.3) is 0 Å². The number of methoxy groups -OCH3 is 1. The van der Waals surface area contributed by atoms with Crippen LogP contribution in [-0.2, 0) is 14.3 Å². The van der Waals surface area contributed by atoms with Crippen LogP contribution >= 0.6 is 23.2 Å². The maximum atomic E-state index is 12.3. The van der Waals surface area contributed by atoms with Crippen molar-refractivity contribution in [2.75, 3.05) is 40.0 Å². The molecule has 0 saturated carbocycles. The van der Waals surface area contributed by atoms with Crippen molar-refractivity contribution in [3.63, 3.8) is 0 Å². The first-order chi connectivity index (χ1) is 12.0. The predicted octanol–water partition coefficient (Wildman–Crippen LogP) is 2.38. The van der Waals surface area contributed by atoms with Crippen LogP contribution in [0.15, 0.2) is 18.2 Å². The molecule has 1 aromatic carbocycles. The average Bonchev–Trinajstić information content (AvgIpc) is 2.59. The maximum Gasteiger partial charge on any atom is 0.253 e. The number of nitrogens with zero attached hydrogens (tertiary/aromatic N) is 1. The standard InChI is InChI=1S/C17H22Cl2N2O4/c1-24-8-9-25-11-16(22)21-6-4-13(5-7-21)20-17(23)14-3-2-12(18)10-15(14)19/h2-3,10,13H,4-9,11H2,1H3,(H,20,23). The minimum Gasteiger partial charge on any atom is -0.382 e. The molecule has 1 aromatic rings. The number of likely N-dealkylation sites (tertiary alicyclic amines) is 1. The third kappa shape index (κ3) is 6.15. The Kier molecular flexibility index (Phi) is 7.96. The molecule has 0 bridgehead atoms. The lowest BCUT2D eigenvalue weighted by molar-refractivity contribution is -0.137. The zero-order valence-electron chi connectivity index (χ0n) is 14.1. The fraction of sp³-hybridized carbons (Fsp3) is 0.529. The number of carbonyl (C=O) groups is 2. The summed E-state index contributed by atoms with van der Waals surface area (Å²) < 4.78 is 10.1. The molecule has 1 aliphatic rings. The fourth-order valence-electron chi connectivity index (χ4n) is 2.60. The number of benzene rings is 1. The number of nitrogens with one attached hydrogen (secondary N) is 1. The minimum absolute atomic E-state index is 0.0118. The van der Waals surface area contributed by atoms with Crippen LogP contribution < -0.4 is 5.32 Å². The van der Waals surface area contributed by atoms with E-state index >= 15 is 0 Å². The third-order valence-corrected chi connectivity index (χ3v) is 4.56. The average molecular weight is 389 g/mol. The first kappa shape index (κ1) is 20.0. The van der Waals surface area contributed by atoms with Gasteiger partial charge in [0.1, 0.15) is 6.61 Å². The van der Waals surface area contributed by atoms with Gasteiger partial charge >= 0.3 is 0 Å². The SMILES string of the molecule is COCCOCC(=O)N1CCC(NC(=O)c2ccc(Cl)cc2Cl)CC1. The molecule has 2 amide bonds. The van der Waals surface area contributed by atoms with E-state index in [1.54, 1.807) is 30.2 Å². The van der Waals surface area contributed by atoms with Gasteiger partial charge in [0.25, 0.3) is 5.91 Å². The Labute approximate surface area is 157 Å². The second kappa shape index (κ2) is 9.97. The monoisotopic (exact) mass is 388 g/mol. The largest absolute Gasteiger partial charge is 0.382 e. The van der Waals surface area contributed by atoms with E-state index in [0.29, 0.717) is 54.8 Å². The Hall–Kier alpha value is -1.34. The Morgan fingerprint density at radius 1 is 1.24 bits per heavy atom. The molecule has 1 heterocycles.